The van der Waals surface area contributed by atoms with Crippen LogP contribution in [0.5, 0.6) is 0 Å². The molecule has 0 saturated heterocycles. The zero-order valence-electron chi connectivity index (χ0n) is 18.9. The number of hydrogen-bond acceptors (Lipinski definition) is 4. The highest BCUT2D eigenvalue weighted by Gasteiger charge is 2.10. The van der Waals surface area contributed by atoms with Crippen LogP contribution in [0, 0.1) is 0 Å². The first-order valence-electron chi connectivity index (χ1n) is 10.9. The van der Waals surface area contributed by atoms with Crippen LogP contribution >= 0.6 is 0 Å². The van der Waals surface area contributed by atoms with Crippen molar-refractivity contribution >= 4 is 17.7 Å². The number of nitrogen functional groups attached to an aromatic ring is 1. The second-order valence-electron chi connectivity index (χ2n) is 7.90. The molecule has 1 aromatic heterocycles. The van der Waals surface area contributed by atoms with Gasteiger partial charge in [-0.1, -0.05) is 54.6 Å². The largest absolute Gasteiger partial charge is 0.465 e. The van der Waals surface area contributed by atoms with Crippen molar-refractivity contribution in [3.05, 3.63) is 113 Å². The third-order valence-corrected chi connectivity index (χ3v) is 5.48. The average molecular weight is 438 g/mol. The van der Waals surface area contributed by atoms with Crippen LogP contribution < -0.4 is 5.73 Å². The third kappa shape index (κ3) is 5.39. The quantitative estimate of drug-likeness (QED) is 0.302. The van der Waals surface area contributed by atoms with Crippen molar-refractivity contribution in [3.8, 4) is 11.1 Å². The van der Waals surface area contributed by atoms with Gasteiger partial charge in [0.2, 0.25) is 0 Å². The molecule has 0 bridgehead atoms. The van der Waals surface area contributed by atoms with Crippen LogP contribution in [0.4, 0.5) is 5.69 Å². The summed E-state index contributed by atoms with van der Waals surface area (Å²) in [6, 6.07) is 23.9. The van der Waals surface area contributed by atoms with E-state index in [4.69, 9.17) is 15.5 Å². The Morgan fingerprint density at radius 3 is 2.39 bits per heavy atom. The van der Waals surface area contributed by atoms with E-state index in [0.717, 1.165) is 40.3 Å². The molecule has 0 aliphatic carbocycles. The lowest BCUT2D eigenvalue weighted by Gasteiger charge is -2.10. The van der Waals surface area contributed by atoms with Crippen LogP contribution in [-0.4, -0.2) is 22.6 Å². The zero-order chi connectivity index (χ0) is 23.2. The van der Waals surface area contributed by atoms with E-state index in [1.54, 1.807) is 12.1 Å². The standard InChI is InChI=1S/C28H27N3O2/c1-3-5-26-19-31(18-21-10-14-23(15-11-21)28(32)33-2)27(30-26)16-20-8-12-22(13-9-20)24-6-4-7-25(29)17-24/h3-15,17,19H,16,18,29H2,1-2H3/b5-3+. The topological polar surface area (TPSA) is 70.1 Å². The molecule has 0 atom stereocenters. The summed E-state index contributed by atoms with van der Waals surface area (Å²) in [7, 11) is 1.39. The van der Waals surface area contributed by atoms with Crippen molar-refractivity contribution in [2.45, 2.75) is 19.9 Å². The Bertz CT molecular complexity index is 1270. The van der Waals surface area contributed by atoms with Crippen LogP contribution in [0.15, 0.2) is 85.1 Å². The molecule has 0 unspecified atom stereocenters. The number of esters is 1. The van der Waals surface area contributed by atoms with Crippen LogP contribution in [0.2, 0.25) is 0 Å². The molecular weight excluding hydrogens is 410 g/mol. The molecule has 0 radical (unpaired) electrons. The highest BCUT2D eigenvalue weighted by atomic mass is 16.5. The molecule has 0 amide bonds. The number of rotatable bonds is 7. The molecule has 4 rings (SSSR count). The first kappa shape index (κ1) is 22.1. The summed E-state index contributed by atoms with van der Waals surface area (Å²) >= 11 is 0. The third-order valence-electron chi connectivity index (χ3n) is 5.48. The van der Waals surface area contributed by atoms with Crippen molar-refractivity contribution in [1.29, 1.82) is 0 Å². The van der Waals surface area contributed by atoms with E-state index in [9.17, 15) is 4.79 Å². The number of ether oxygens (including phenoxy) is 1. The minimum Gasteiger partial charge on any atom is -0.465 e. The van der Waals surface area contributed by atoms with Crippen molar-refractivity contribution in [1.82, 2.24) is 9.55 Å². The Morgan fingerprint density at radius 1 is 1.00 bits per heavy atom. The fourth-order valence-corrected chi connectivity index (χ4v) is 3.78. The fraction of sp³-hybridized carbons (Fsp3) is 0.143. The number of imidazole rings is 1. The van der Waals surface area contributed by atoms with Gasteiger partial charge in [-0.05, 0) is 59.5 Å². The van der Waals surface area contributed by atoms with E-state index >= 15 is 0 Å². The molecule has 3 aromatic carbocycles. The predicted molar refractivity (Wildman–Crippen MR) is 133 cm³/mol. The summed E-state index contributed by atoms with van der Waals surface area (Å²) in [5, 5.41) is 0. The maximum Gasteiger partial charge on any atom is 0.337 e. The normalized spacial score (nSPS) is 11.1. The number of hydrogen-bond donors (Lipinski definition) is 1. The van der Waals surface area contributed by atoms with Gasteiger partial charge in [-0.25, -0.2) is 9.78 Å². The van der Waals surface area contributed by atoms with Crippen molar-refractivity contribution in [2.24, 2.45) is 0 Å². The SMILES string of the molecule is C/C=C/c1cn(Cc2ccc(C(=O)OC)cc2)c(Cc2ccc(-c3cccc(N)c3)cc2)n1. The smallest absolute Gasteiger partial charge is 0.337 e. The highest BCUT2D eigenvalue weighted by Crippen LogP contribution is 2.23. The van der Waals surface area contributed by atoms with Gasteiger partial charge in [0.25, 0.3) is 0 Å². The first-order valence-corrected chi connectivity index (χ1v) is 10.9. The molecule has 5 heteroatoms. The Morgan fingerprint density at radius 2 is 1.73 bits per heavy atom. The minimum absolute atomic E-state index is 0.332. The van der Waals surface area contributed by atoms with Gasteiger partial charge in [-0.15, -0.1) is 0 Å². The van der Waals surface area contributed by atoms with E-state index in [0.29, 0.717) is 12.1 Å². The van der Waals surface area contributed by atoms with Crippen molar-refractivity contribution in [3.63, 3.8) is 0 Å². The van der Waals surface area contributed by atoms with Gasteiger partial charge in [-0.3, -0.25) is 0 Å². The molecule has 4 aromatic rings. The van der Waals surface area contributed by atoms with E-state index < -0.39 is 0 Å². The van der Waals surface area contributed by atoms with E-state index in [1.807, 2.05) is 49.4 Å². The number of anilines is 1. The van der Waals surface area contributed by atoms with E-state index in [-0.39, 0.29) is 5.97 Å². The molecule has 2 N–H and O–H groups in total. The van der Waals surface area contributed by atoms with E-state index in [1.165, 1.54) is 12.7 Å². The van der Waals surface area contributed by atoms with Gasteiger partial charge >= 0.3 is 5.97 Å². The molecule has 0 fully saturated rings. The number of nitrogens with zero attached hydrogens (tertiary/aromatic N) is 2. The highest BCUT2D eigenvalue weighted by molar-refractivity contribution is 5.89. The summed E-state index contributed by atoms with van der Waals surface area (Å²) in [5.41, 5.74) is 12.7. The number of allylic oxidation sites excluding steroid dienone is 1. The second kappa shape index (κ2) is 10.0. The first-order chi connectivity index (χ1) is 16.1. The number of carbonyl (C=O) groups excluding carboxylic acids is 1. The Labute approximate surface area is 194 Å². The molecular formula is C28H27N3O2. The molecule has 0 aliphatic rings. The van der Waals surface area contributed by atoms with Crippen molar-refractivity contribution in [2.75, 3.05) is 12.8 Å². The molecule has 5 nitrogen and oxygen atoms in total. The lowest BCUT2D eigenvalue weighted by Crippen LogP contribution is -2.06. The van der Waals surface area contributed by atoms with Crippen LogP contribution in [0.3, 0.4) is 0 Å². The Hall–Kier alpha value is -4.12. The molecule has 33 heavy (non-hydrogen) atoms. The summed E-state index contributed by atoms with van der Waals surface area (Å²) in [6.07, 6.45) is 6.77. The lowest BCUT2D eigenvalue weighted by atomic mass is 10.0. The summed E-state index contributed by atoms with van der Waals surface area (Å²) in [6.45, 7) is 2.65. The van der Waals surface area contributed by atoms with Crippen LogP contribution in [0.25, 0.3) is 17.2 Å². The van der Waals surface area contributed by atoms with Crippen molar-refractivity contribution < 1.29 is 9.53 Å². The predicted octanol–water partition coefficient (Wildman–Crippen LogP) is 5.59. The van der Waals surface area contributed by atoms with Gasteiger partial charge in [0.1, 0.15) is 5.82 Å². The molecule has 0 aliphatic heterocycles. The fourth-order valence-electron chi connectivity index (χ4n) is 3.78. The molecule has 0 spiro atoms. The maximum atomic E-state index is 11.7. The molecule has 0 saturated carbocycles. The summed E-state index contributed by atoms with van der Waals surface area (Å²) in [4.78, 5) is 16.5. The summed E-state index contributed by atoms with van der Waals surface area (Å²) < 4.78 is 6.95. The summed E-state index contributed by atoms with van der Waals surface area (Å²) in [5.74, 6) is 0.652. The van der Waals surface area contributed by atoms with E-state index in [2.05, 4.69) is 41.1 Å². The van der Waals surface area contributed by atoms with Gasteiger partial charge in [0, 0.05) is 24.8 Å². The number of carbonyl (C=O) groups is 1. The molecule has 166 valence electrons. The Balaban J connectivity index is 1.55. The monoisotopic (exact) mass is 437 g/mol. The molecule has 1 heterocycles. The number of methoxy groups -OCH3 is 1. The average Bonchev–Trinajstić information content (AvgIpc) is 3.20. The maximum absolute atomic E-state index is 11.7. The number of nitrogens with two attached hydrogens (primary N) is 1. The van der Waals surface area contributed by atoms with Crippen LogP contribution in [0.1, 0.15) is 39.9 Å². The van der Waals surface area contributed by atoms with Crippen LogP contribution in [-0.2, 0) is 17.7 Å². The number of benzene rings is 3. The zero-order valence-corrected chi connectivity index (χ0v) is 18.9. The lowest BCUT2D eigenvalue weighted by molar-refractivity contribution is 0.0600. The van der Waals surface area contributed by atoms with Gasteiger partial charge in [0.15, 0.2) is 0 Å². The minimum atomic E-state index is -0.332. The van der Waals surface area contributed by atoms with Gasteiger partial charge < -0.3 is 15.0 Å². The second-order valence-corrected chi connectivity index (χ2v) is 7.90. The Kier molecular flexibility index (Phi) is 6.69. The number of aromatic nitrogens is 2. The van der Waals surface area contributed by atoms with Gasteiger partial charge in [0.05, 0.1) is 18.4 Å². The van der Waals surface area contributed by atoms with Gasteiger partial charge in [-0.2, -0.15) is 0 Å².